The number of nitrogens with zero attached hydrogens (tertiary/aromatic N) is 3. The Labute approximate surface area is 207 Å². The van der Waals surface area contributed by atoms with E-state index in [1.165, 1.54) is 11.8 Å². The molecule has 2 aromatic heterocycles. The summed E-state index contributed by atoms with van der Waals surface area (Å²) in [6.07, 6.45) is 3.31. The molecule has 4 rings (SSSR count). The lowest BCUT2D eigenvalue weighted by molar-refractivity contribution is -0.139. The molecule has 1 atom stereocenters. The second-order valence-corrected chi connectivity index (χ2v) is 8.92. The molecule has 0 radical (unpaired) electrons. The fourth-order valence-electron chi connectivity index (χ4n) is 3.90. The van der Waals surface area contributed by atoms with Crippen molar-refractivity contribution >= 4 is 23.8 Å². The first-order valence-corrected chi connectivity index (χ1v) is 12.2. The predicted molar refractivity (Wildman–Crippen MR) is 133 cm³/mol. The van der Waals surface area contributed by atoms with Crippen LogP contribution < -0.4 is 10.6 Å². The molecule has 0 aliphatic carbocycles. The highest BCUT2D eigenvalue weighted by Crippen LogP contribution is 2.33. The number of amides is 2. The molecule has 3 aromatic rings. The number of hydrogen-bond donors (Lipinski definition) is 2. The number of carbonyl (C=O) groups is 2. The third kappa shape index (κ3) is 5.17. The van der Waals surface area contributed by atoms with Crippen LogP contribution in [0.2, 0.25) is 0 Å². The fraction of sp³-hybridized carbons (Fsp3) is 0.280. The lowest BCUT2D eigenvalue weighted by atomic mass is 9.91. The van der Waals surface area contributed by atoms with Gasteiger partial charge >= 0.3 is 12.0 Å². The SMILES string of the molecule is C=CCn1c(SCC2=C(C(=O)OCC)[C@@H](c3cc(C)ccc3C)NC(=O)N2)nnc1-c1ccco1. The van der Waals surface area contributed by atoms with Gasteiger partial charge in [-0.3, -0.25) is 4.57 Å². The Morgan fingerprint density at radius 2 is 2.14 bits per heavy atom. The highest BCUT2D eigenvalue weighted by molar-refractivity contribution is 7.99. The first-order valence-electron chi connectivity index (χ1n) is 11.2. The summed E-state index contributed by atoms with van der Waals surface area (Å²) in [5.74, 6) is 0.948. The van der Waals surface area contributed by atoms with Gasteiger partial charge in [-0.2, -0.15) is 0 Å². The molecule has 182 valence electrons. The zero-order chi connectivity index (χ0) is 24.9. The van der Waals surface area contributed by atoms with Crippen molar-refractivity contribution in [2.24, 2.45) is 0 Å². The zero-order valence-corrected chi connectivity index (χ0v) is 20.6. The Balaban J connectivity index is 1.72. The Kier molecular flexibility index (Phi) is 7.40. The van der Waals surface area contributed by atoms with E-state index in [4.69, 9.17) is 9.15 Å². The third-order valence-corrected chi connectivity index (χ3v) is 6.50. The maximum Gasteiger partial charge on any atom is 0.338 e. The van der Waals surface area contributed by atoms with Crippen molar-refractivity contribution in [2.45, 2.75) is 38.5 Å². The van der Waals surface area contributed by atoms with E-state index in [0.29, 0.717) is 34.6 Å². The van der Waals surface area contributed by atoms with E-state index in [-0.39, 0.29) is 18.4 Å². The molecule has 1 aromatic carbocycles. The van der Waals surface area contributed by atoms with Crippen LogP contribution >= 0.6 is 11.8 Å². The molecule has 1 aliphatic rings. The summed E-state index contributed by atoms with van der Waals surface area (Å²) in [6, 6.07) is 8.52. The number of aromatic nitrogens is 3. The van der Waals surface area contributed by atoms with Crippen LogP contribution in [0.5, 0.6) is 0 Å². The van der Waals surface area contributed by atoms with Crippen molar-refractivity contribution in [3.63, 3.8) is 0 Å². The smallest absolute Gasteiger partial charge is 0.338 e. The van der Waals surface area contributed by atoms with Crippen molar-refractivity contribution in [1.82, 2.24) is 25.4 Å². The molecular formula is C25H27N5O4S. The van der Waals surface area contributed by atoms with Gasteiger partial charge in [0, 0.05) is 18.0 Å². The van der Waals surface area contributed by atoms with E-state index in [9.17, 15) is 9.59 Å². The minimum absolute atomic E-state index is 0.219. The number of aryl methyl sites for hydroxylation is 2. The van der Waals surface area contributed by atoms with E-state index in [1.54, 1.807) is 31.4 Å². The number of hydrogen-bond acceptors (Lipinski definition) is 7. The van der Waals surface area contributed by atoms with Crippen molar-refractivity contribution in [1.29, 1.82) is 0 Å². The van der Waals surface area contributed by atoms with Crippen molar-refractivity contribution < 1.29 is 18.7 Å². The number of carbonyl (C=O) groups excluding carboxylic acids is 2. The lowest BCUT2D eigenvalue weighted by Gasteiger charge is -2.30. The molecule has 0 bridgehead atoms. The second kappa shape index (κ2) is 10.6. The molecule has 2 amide bonds. The van der Waals surface area contributed by atoms with Crippen molar-refractivity contribution in [2.75, 3.05) is 12.4 Å². The first-order chi connectivity index (χ1) is 16.9. The monoisotopic (exact) mass is 493 g/mol. The van der Waals surface area contributed by atoms with Crippen molar-refractivity contribution in [3.8, 4) is 11.6 Å². The third-order valence-electron chi connectivity index (χ3n) is 5.51. The van der Waals surface area contributed by atoms with Crippen LogP contribution in [0.15, 0.2) is 70.1 Å². The number of allylic oxidation sites excluding steroid dienone is 1. The summed E-state index contributed by atoms with van der Waals surface area (Å²) in [7, 11) is 0. The summed E-state index contributed by atoms with van der Waals surface area (Å²) in [5, 5.41) is 14.9. The topological polar surface area (TPSA) is 111 Å². The molecule has 2 N–H and O–H groups in total. The molecule has 0 saturated heterocycles. The van der Waals surface area contributed by atoms with E-state index in [1.807, 2.05) is 36.6 Å². The second-order valence-electron chi connectivity index (χ2n) is 7.98. The van der Waals surface area contributed by atoms with E-state index in [0.717, 1.165) is 16.7 Å². The van der Waals surface area contributed by atoms with Crippen LogP contribution in [0.1, 0.15) is 29.7 Å². The number of nitrogens with one attached hydrogen (secondary N) is 2. The number of urea groups is 1. The summed E-state index contributed by atoms with van der Waals surface area (Å²) in [4.78, 5) is 25.7. The number of thioether (sulfide) groups is 1. The Bertz CT molecular complexity index is 1280. The van der Waals surface area contributed by atoms with Gasteiger partial charge in [0.05, 0.1) is 24.5 Å². The van der Waals surface area contributed by atoms with Gasteiger partial charge in [-0.15, -0.1) is 16.8 Å². The molecule has 10 heteroatoms. The van der Waals surface area contributed by atoms with E-state index < -0.39 is 12.0 Å². The Hall–Kier alpha value is -3.79. The van der Waals surface area contributed by atoms with Gasteiger partial charge in [-0.1, -0.05) is 41.6 Å². The lowest BCUT2D eigenvalue weighted by Crippen LogP contribution is -2.46. The van der Waals surface area contributed by atoms with Crippen molar-refractivity contribution in [3.05, 3.63) is 77.2 Å². The van der Waals surface area contributed by atoms with Gasteiger partial charge < -0.3 is 19.8 Å². The largest absolute Gasteiger partial charge is 0.463 e. The normalized spacial score (nSPS) is 15.5. The first kappa shape index (κ1) is 24.3. The highest BCUT2D eigenvalue weighted by atomic mass is 32.2. The minimum Gasteiger partial charge on any atom is -0.463 e. The average molecular weight is 494 g/mol. The molecule has 0 fully saturated rings. The number of ether oxygens (including phenoxy) is 1. The summed E-state index contributed by atoms with van der Waals surface area (Å²) in [6.45, 7) is 10.2. The van der Waals surface area contributed by atoms with Crippen LogP contribution in [0, 0.1) is 13.8 Å². The van der Waals surface area contributed by atoms with Gasteiger partial charge in [0.15, 0.2) is 10.9 Å². The van der Waals surface area contributed by atoms with Crippen LogP contribution in [0.25, 0.3) is 11.6 Å². The zero-order valence-electron chi connectivity index (χ0n) is 19.8. The van der Waals surface area contributed by atoms with Gasteiger partial charge in [0.2, 0.25) is 5.82 Å². The predicted octanol–water partition coefficient (Wildman–Crippen LogP) is 4.30. The van der Waals surface area contributed by atoms with Gasteiger partial charge in [0.25, 0.3) is 0 Å². The standard InChI is InChI=1S/C25H27N5O4S/c1-5-11-30-22(19-8-7-12-34-19)28-29-25(30)35-14-18-20(23(31)33-6-2)21(27-24(32)26-18)17-13-15(3)9-10-16(17)4/h5,7-10,12-13,21H,1,6,11,14H2,2-4H3,(H2,26,27,32)/t21-/m1/s1. The molecule has 0 saturated carbocycles. The van der Waals surface area contributed by atoms with Crippen LogP contribution in [0.3, 0.4) is 0 Å². The molecule has 0 unspecified atom stereocenters. The number of esters is 1. The molecule has 9 nitrogen and oxygen atoms in total. The Morgan fingerprint density at radius 1 is 1.31 bits per heavy atom. The molecule has 0 spiro atoms. The van der Waals surface area contributed by atoms with Crippen LogP contribution in [-0.2, 0) is 16.1 Å². The minimum atomic E-state index is -0.636. The van der Waals surface area contributed by atoms with Gasteiger partial charge in [0.1, 0.15) is 0 Å². The molecule has 3 heterocycles. The van der Waals surface area contributed by atoms with E-state index in [2.05, 4.69) is 27.4 Å². The van der Waals surface area contributed by atoms with E-state index >= 15 is 0 Å². The maximum atomic E-state index is 13.1. The average Bonchev–Trinajstić information content (AvgIpc) is 3.49. The quantitative estimate of drug-likeness (QED) is 0.260. The van der Waals surface area contributed by atoms with Gasteiger partial charge in [-0.25, -0.2) is 9.59 Å². The fourth-order valence-corrected chi connectivity index (χ4v) is 4.82. The summed E-state index contributed by atoms with van der Waals surface area (Å²) in [5.41, 5.74) is 3.68. The molecular weight excluding hydrogens is 466 g/mol. The number of rotatable bonds is 9. The van der Waals surface area contributed by atoms with Crippen LogP contribution in [0.4, 0.5) is 4.79 Å². The molecule has 35 heavy (non-hydrogen) atoms. The maximum absolute atomic E-state index is 13.1. The van der Waals surface area contributed by atoms with Crippen LogP contribution in [-0.4, -0.2) is 39.1 Å². The van der Waals surface area contributed by atoms with Gasteiger partial charge in [-0.05, 0) is 44.0 Å². The Morgan fingerprint density at radius 3 is 2.86 bits per heavy atom. The summed E-state index contributed by atoms with van der Waals surface area (Å²) >= 11 is 1.35. The number of furan rings is 1. The molecule has 1 aliphatic heterocycles. The highest BCUT2D eigenvalue weighted by Gasteiger charge is 2.34. The summed E-state index contributed by atoms with van der Waals surface area (Å²) < 4.78 is 12.7. The number of benzene rings is 1.